The summed E-state index contributed by atoms with van der Waals surface area (Å²) in [5.74, 6) is 1.48. The molecule has 1 heterocycles. The van der Waals surface area contributed by atoms with Gasteiger partial charge in [0.1, 0.15) is 18.5 Å². The van der Waals surface area contributed by atoms with Gasteiger partial charge in [-0.15, -0.1) is 0 Å². The Kier molecular flexibility index (Phi) is 5.57. The van der Waals surface area contributed by atoms with E-state index in [0.717, 1.165) is 31.9 Å². The van der Waals surface area contributed by atoms with E-state index in [4.69, 9.17) is 9.47 Å². The zero-order chi connectivity index (χ0) is 16.2. The minimum absolute atomic E-state index is 0.354. The highest BCUT2D eigenvalue weighted by molar-refractivity contribution is 5.32. The molecule has 1 saturated carbocycles. The summed E-state index contributed by atoms with van der Waals surface area (Å²) >= 11 is 0. The number of aliphatic hydroxyl groups is 1. The standard InChI is InChI=1S/C19H29NO3/c1-14-7-15(2)9-19(8-14)23-13-18(21)11-20(17-3-4-17)10-16-5-6-22-12-16/h7-9,16-18,21H,3-6,10-13H2,1-2H3. The summed E-state index contributed by atoms with van der Waals surface area (Å²) in [6, 6.07) is 6.83. The van der Waals surface area contributed by atoms with Crippen LogP contribution in [0.3, 0.4) is 0 Å². The van der Waals surface area contributed by atoms with Gasteiger partial charge in [-0.25, -0.2) is 0 Å². The Morgan fingerprint density at radius 3 is 2.57 bits per heavy atom. The van der Waals surface area contributed by atoms with Crippen LogP contribution in [0.25, 0.3) is 0 Å². The zero-order valence-corrected chi connectivity index (χ0v) is 14.3. The first-order chi connectivity index (χ1) is 11.1. The van der Waals surface area contributed by atoms with E-state index >= 15 is 0 Å². The number of rotatable bonds is 8. The van der Waals surface area contributed by atoms with Crippen LogP contribution in [-0.4, -0.2) is 55.1 Å². The number of nitrogens with zero attached hydrogens (tertiary/aromatic N) is 1. The van der Waals surface area contributed by atoms with Gasteiger partial charge in [-0.1, -0.05) is 6.07 Å². The number of ether oxygens (including phenoxy) is 2. The third-order valence-corrected chi connectivity index (χ3v) is 4.66. The molecule has 3 rings (SSSR count). The summed E-state index contributed by atoms with van der Waals surface area (Å²) in [7, 11) is 0. The van der Waals surface area contributed by atoms with Crippen LogP contribution in [0.5, 0.6) is 5.75 Å². The maximum Gasteiger partial charge on any atom is 0.119 e. The van der Waals surface area contributed by atoms with Crippen molar-refractivity contribution in [2.45, 2.75) is 45.3 Å². The summed E-state index contributed by atoms with van der Waals surface area (Å²) in [5.41, 5.74) is 2.38. The molecule has 1 saturated heterocycles. The molecule has 0 spiro atoms. The predicted octanol–water partition coefficient (Wildman–Crippen LogP) is 2.54. The van der Waals surface area contributed by atoms with Gasteiger partial charge >= 0.3 is 0 Å². The number of hydrogen-bond donors (Lipinski definition) is 1. The van der Waals surface area contributed by atoms with Crippen LogP contribution < -0.4 is 4.74 Å². The molecule has 1 aliphatic heterocycles. The Labute approximate surface area is 139 Å². The van der Waals surface area contributed by atoms with Gasteiger partial charge in [-0.05, 0) is 62.3 Å². The molecule has 1 aromatic rings. The Hall–Kier alpha value is -1.10. The third-order valence-electron chi connectivity index (χ3n) is 4.66. The first-order valence-electron chi connectivity index (χ1n) is 8.81. The van der Waals surface area contributed by atoms with E-state index in [2.05, 4.69) is 24.8 Å². The SMILES string of the molecule is Cc1cc(C)cc(OCC(O)CN(CC2CCOC2)C2CC2)c1. The number of benzene rings is 1. The average Bonchev–Trinajstić information content (AvgIpc) is 3.22. The molecular weight excluding hydrogens is 290 g/mol. The first kappa shape index (κ1) is 16.7. The lowest BCUT2D eigenvalue weighted by Crippen LogP contribution is -2.40. The van der Waals surface area contributed by atoms with Gasteiger partial charge in [0.25, 0.3) is 0 Å². The number of aliphatic hydroxyl groups excluding tert-OH is 1. The van der Waals surface area contributed by atoms with Crippen LogP contribution in [0.4, 0.5) is 0 Å². The molecular formula is C19H29NO3. The van der Waals surface area contributed by atoms with Crippen molar-refractivity contribution in [2.24, 2.45) is 5.92 Å². The van der Waals surface area contributed by atoms with Crippen molar-refractivity contribution in [3.63, 3.8) is 0 Å². The Morgan fingerprint density at radius 1 is 1.22 bits per heavy atom. The van der Waals surface area contributed by atoms with Gasteiger partial charge in [0, 0.05) is 25.7 Å². The van der Waals surface area contributed by atoms with E-state index in [1.807, 2.05) is 12.1 Å². The molecule has 128 valence electrons. The van der Waals surface area contributed by atoms with Gasteiger partial charge in [0.15, 0.2) is 0 Å². The first-order valence-corrected chi connectivity index (χ1v) is 8.81. The van der Waals surface area contributed by atoms with E-state index in [1.54, 1.807) is 0 Å². The molecule has 1 N–H and O–H groups in total. The second kappa shape index (κ2) is 7.65. The fourth-order valence-corrected chi connectivity index (χ4v) is 3.40. The second-order valence-electron chi connectivity index (χ2n) is 7.20. The largest absolute Gasteiger partial charge is 0.491 e. The topological polar surface area (TPSA) is 41.9 Å². The molecule has 0 aromatic heterocycles. The van der Waals surface area contributed by atoms with Crippen molar-refractivity contribution < 1.29 is 14.6 Å². The summed E-state index contributed by atoms with van der Waals surface area (Å²) in [6.07, 6.45) is 3.23. The lowest BCUT2D eigenvalue weighted by atomic mass is 10.1. The fraction of sp³-hybridized carbons (Fsp3) is 0.684. The summed E-state index contributed by atoms with van der Waals surface area (Å²) in [4.78, 5) is 2.44. The van der Waals surface area contributed by atoms with Gasteiger partial charge in [0.2, 0.25) is 0 Å². The summed E-state index contributed by atoms with van der Waals surface area (Å²) in [5, 5.41) is 10.4. The molecule has 2 aliphatic rings. The highest BCUT2D eigenvalue weighted by Crippen LogP contribution is 2.29. The van der Waals surface area contributed by atoms with Crippen LogP contribution in [0, 0.1) is 19.8 Å². The molecule has 0 amide bonds. The summed E-state index contributed by atoms with van der Waals surface area (Å²) < 4.78 is 11.3. The van der Waals surface area contributed by atoms with Crippen LogP contribution >= 0.6 is 0 Å². The highest BCUT2D eigenvalue weighted by Gasteiger charge is 2.32. The monoisotopic (exact) mass is 319 g/mol. The molecule has 0 bridgehead atoms. The van der Waals surface area contributed by atoms with Crippen LogP contribution in [0.2, 0.25) is 0 Å². The maximum atomic E-state index is 10.4. The van der Waals surface area contributed by atoms with Crippen molar-refractivity contribution in [1.82, 2.24) is 4.90 Å². The quantitative estimate of drug-likeness (QED) is 0.799. The molecule has 2 atom stereocenters. The van der Waals surface area contributed by atoms with E-state index in [1.165, 1.54) is 24.0 Å². The minimum atomic E-state index is -0.446. The molecule has 1 aromatic carbocycles. The highest BCUT2D eigenvalue weighted by atomic mass is 16.5. The number of hydrogen-bond acceptors (Lipinski definition) is 4. The predicted molar refractivity (Wildman–Crippen MR) is 90.9 cm³/mol. The van der Waals surface area contributed by atoms with Crippen molar-refractivity contribution in [2.75, 3.05) is 32.9 Å². The van der Waals surface area contributed by atoms with Crippen molar-refractivity contribution in [3.05, 3.63) is 29.3 Å². The fourth-order valence-electron chi connectivity index (χ4n) is 3.40. The molecule has 4 heteroatoms. The van der Waals surface area contributed by atoms with E-state index in [-0.39, 0.29) is 0 Å². The zero-order valence-electron chi connectivity index (χ0n) is 14.3. The lowest BCUT2D eigenvalue weighted by molar-refractivity contribution is 0.0580. The molecule has 4 nitrogen and oxygen atoms in total. The Morgan fingerprint density at radius 2 is 1.96 bits per heavy atom. The summed E-state index contributed by atoms with van der Waals surface area (Å²) in [6.45, 7) is 7.99. The average molecular weight is 319 g/mol. The van der Waals surface area contributed by atoms with Gasteiger partial charge < -0.3 is 14.6 Å². The third kappa shape index (κ3) is 5.20. The normalized spacial score (nSPS) is 22.5. The smallest absolute Gasteiger partial charge is 0.119 e. The van der Waals surface area contributed by atoms with Gasteiger partial charge in [-0.3, -0.25) is 4.90 Å². The molecule has 2 fully saturated rings. The van der Waals surface area contributed by atoms with Gasteiger partial charge in [-0.2, -0.15) is 0 Å². The van der Waals surface area contributed by atoms with Crippen LogP contribution in [0.15, 0.2) is 18.2 Å². The molecule has 1 aliphatic carbocycles. The molecule has 2 unspecified atom stereocenters. The maximum absolute atomic E-state index is 10.4. The van der Waals surface area contributed by atoms with Crippen LogP contribution in [-0.2, 0) is 4.74 Å². The van der Waals surface area contributed by atoms with Crippen molar-refractivity contribution >= 4 is 0 Å². The van der Waals surface area contributed by atoms with E-state index < -0.39 is 6.10 Å². The van der Waals surface area contributed by atoms with Gasteiger partial charge in [0.05, 0.1) is 6.61 Å². The Bertz CT molecular complexity index is 489. The molecule has 23 heavy (non-hydrogen) atoms. The number of aryl methyl sites for hydroxylation is 2. The lowest BCUT2D eigenvalue weighted by Gasteiger charge is -2.27. The Balaban J connectivity index is 1.47. The minimum Gasteiger partial charge on any atom is -0.491 e. The van der Waals surface area contributed by atoms with E-state index in [0.29, 0.717) is 25.1 Å². The molecule has 0 radical (unpaired) electrons. The van der Waals surface area contributed by atoms with Crippen molar-refractivity contribution in [3.8, 4) is 5.75 Å². The van der Waals surface area contributed by atoms with E-state index in [9.17, 15) is 5.11 Å². The second-order valence-corrected chi connectivity index (χ2v) is 7.20. The van der Waals surface area contributed by atoms with Crippen LogP contribution in [0.1, 0.15) is 30.4 Å². The van der Waals surface area contributed by atoms with Crippen molar-refractivity contribution in [1.29, 1.82) is 0 Å².